The molecule has 0 heterocycles. The molecule has 0 rings (SSSR count). The van der Waals surface area contributed by atoms with E-state index in [2.05, 4.69) is 10.6 Å². The van der Waals surface area contributed by atoms with Gasteiger partial charge in [0.1, 0.15) is 0 Å². The largest absolute Gasteiger partial charge is 0.481 e. The average Bonchev–Trinajstić information content (AvgIpc) is 2.29. The normalized spacial score (nSPS) is 13.7. The van der Waals surface area contributed by atoms with Crippen LogP contribution in [0.2, 0.25) is 0 Å². The Balaban J connectivity index is 3.67. The van der Waals surface area contributed by atoms with E-state index >= 15 is 0 Å². The Hall–Kier alpha value is -1.11. The second-order valence-electron chi connectivity index (χ2n) is 4.14. The van der Waals surface area contributed by atoms with Crippen molar-refractivity contribution in [3.8, 4) is 0 Å². The summed E-state index contributed by atoms with van der Waals surface area (Å²) in [7, 11) is -0.836. The molecule has 2 atom stereocenters. The summed E-state index contributed by atoms with van der Waals surface area (Å²) in [5, 5.41) is 13.9. The third-order valence-electron chi connectivity index (χ3n) is 2.49. The molecule has 106 valence electrons. The molecule has 6 nitrogen and oxygen atoms in total. The molecule has 0 aliphatic rings. The SMILES string of the molecule is CCC(CNC(=O)NCCCS(C)=O)CC(=O)O. The number of urea groups is 1. The zero-order chi connectivity index (χ0) is 14.0. The lowest BCUT2D eigenvalue weighted by Crippen LogP contribution is -2.39. The molecule has 0 saturated carbocycles. The fraction of sp³-hybridized carbons (Fsp3) is 0.818. The molecule has 0 aromatic rings. The number of aliphatic carboxylic acids is 1. The number of carboxylic acids is 1. The van der Waals surface area contributed by atoms with Gasteiger partial charge in [-0.05, 0) is 12.3 Å². The molecular weight excluding hydrogens is 256 g/mol. The van der Waals surface area contributed by atoms with E-state index < -0.39 is 16.8 Å². The number of carboxylic acid groups (broad SMARTS) is 1. The molecule has 0 radical (unpaired) electrons. The van der Waals surface area contributed by atoms with Crippen molar-refractivity contribution in [2.24, 2.45) is 5.92 Å². The zero-order valence-corrected chi connectivity index (χ0v) is 11.7. The molecule has 0 fully saturated rings. The van der Waals surface area contributed by atoms with Crippen LogP contribution in [0.25, 0.3) is 0 Å². The van der Waals surface area contributed by atoms with Gasteiger partial charge in [0.25, 0.3) is 0 Å². The van der Waals surface area contributed by atoms with Gasteiger partial charge >= 0.3 is 12.0 Å². The average molecular weight is 278 g/mol. The molecule has 2 unspecified atom stereocenters. The number of carbonyl (C=O) groups is 2. The van der Waals surface area contributed by atoms with Crippen LogP contribution < -0.4 is 10.6 Å². The van der Waals surface area contributed by atoms with Crippen LogP contribution in [0.3, 0.4) is 0 Å². The van der Waals surface area contributed by atoms with Gasteiger partial charge in [-0.15, -0.1) is 0 Å². The Morgan fingerprint density at radius 1 is 1.33 bits per heavy atom. The van der Waals surface area contributed by atoms with Crippen molar-refractivity contribution < 1.29 is 18.9 Å². The maximum absolute atomic E-state index is 11.3. The van der Waals surface area contributed by atoms with E-state index in [9.17, 15) is 13.8 Å². The van der Waals surface area contributed by atoms with Gasteiger partial charge in [0.15, 0.2) is 0 Å². The molecule has 0 aliphatic heterocycles. The van der Waals surface area contributed by atoms with E-state index in [1.165, 1.54) is 0 Å². The van der Waals surface area contributed by atoms with Crippen LogP contribution >= 0.6 is 0 Å². The van der Waals surface area contributed by atoms with E-state index in [1.807, 2.05) is 6.92 Å². The molecule has 3 N–H and O–H groups in total. The van der Waals surface area contributed by atoms with E-state index in [0.29, 0.717) is 31.7 Å². The number of carbonyl (C=O) groups excluding carboxylic acids is 1. The summed E-state index contributed by atoms with van der Waals surface area (Å²) < 4.78 is 10.8. The summed E-state index contributed by atoms with van der Waals surface area (Å²) in [4.78, 5) is 21.9. The van der Waals surface area contributed by atoms with E-state index in [-0.39, 0.29) is 18.4 Å². The first-order valence-corrected chi connectivity index (χ1v) is 7.72. The van der Waals surface area contributed by atoms with Crippen LogP contribution in [-0.2, 0) is 15.6 Å². The summed E-state index contributed by atoms with van der Waals surface area (Å²) in [5.41, 5.74) is 0. The first-order valence-electron chi connectivity index (χ1n) is 5.99. The van der Waals surface area contributed by atoms with Crippen molar-refractivity contribution in [1.29, 1.82) is 0 Å². The minimum Gasteiger partial charge on any atom is -0.481 e. The Bertz CT molecular complexity index is 297. The van der Waals surface area contributed by atoms with Crippen molar-refractivity contribution in [2.45, 2.75) is 26.2 Å². The van der Waals surface area contributed by atoms with Crippen molar-refractivity contribution >= 4 is 22.8 Å². The fourth-order valence-corrected chi connectivity index (χ4v) is 1.94. The number of hydrogen-bond donors (Lipinski definition) is 3. The van der Waals surface area contributed by atoms with Gasteiger partial charge < -0.3 is 15.7 Å². The number of hydrogen-bond acceptors (Lipinski definition) is 3. The van der Waals surface area contributed by atoms with Gasteiger partial charge in [0.2, 0.25) is 0 Å². The standard InChI is InChI=1S/C11H22N2O4S/c1-3-9(7-10(14)15)8-13-11(16)12-5-4-6-18(2)17/h9H,3-8H2,1-2H3,(H,14,15)(H2,12,13,16). The molecule has 0 aromatic heterocycles. The molecule has 0 saturated heterocycles. The summed E-state index contributed by atoms with van der Waals surface area (Å²) in [5.74, 6) is -0.331. The minimum absolute atomic E-state index is 0.0450. The molecule has 18 heavy (non-hydrogen) atoms. The highest BCUT2D eigenvalue weighted by molar-refractivity contribution is 7.84. The quantitative estimate of drug-likeness (QED) is 0.537. The monoisotopic (exact) mass is 278 g/mol. The lowest BCUT2D eigenvalue weighted by atomic mass is 10.0. The Morgan fingerprint density at radius 2 is 2.00 bits per heavy atom. The van der Waals surface area contributed by atoms with Crippen LogP contribution in [0.15, 0.2) is 0 Å². The van der Waals surface area contributed by atoms with E-state index in [0.717, 1.165) is 0 Å². The molecule has 0 spiro atoms. The van der Waals surface area contributed by atoms with Gasteiger partial charge in [-0.1, -0.05) is 13.3 Å². The lowest BCUT2D eigenvalue weighted by molar-refractivity contribution is -0.138. The van der Waals surface area contributed by atoms with E-state index in [4.69, 9.17) is 5.11 Å². The predicted octanol–water partition coefficient (Wildman–Crippen LogP) is 0.555. The molecule has 2 amide bonds. The summed E-state index contributed by atoms with van der Waals surface area (Å²) in [6, 6.07) is -0.305. The predicted molar refractivity (Wildman–Crippen MR) is 71.0 cm³/mol. The number of amides is 2. The fourth-order valence-electron chi connectivity index (χ4n) is 1.38. The van der Waals surface area contributed by atoms with Gasteiger partial charge in [-0.3, -0.25) is 9.00 Å². The maximum atomic E-state index is 11.3. The molecule has 0 aromatic carbocycles. The van der Waals surface area contributed by atoms with Crippen LogP contribution in [-0.4, -0.2) is 46.4 Å². The van der Waals surface area contributed by atoms with Gasteiger partial charge in [-0.2, -0.15) is 0 Å². The van der Waals surface area contributed by atoms with E-state index in [1.54, 1.807) is 6.26 Å². The first kappa shape index (κ1) is 16.9. The first-order chi connectivity index (χ1) is 8.45. The Morgan fingerprint density at radius 3 is 2.50 bits per heavy atom. The molecule has 7 heteroatoms. The summed E-state index contributed by atoms with van der Waals surface area (Å²) in [6.45, 7) is 2.72. The highest BCUT2D eigenvalue weighted by Gasteiger charge is 2.12. The van der Waals surface area contributed by atoms with Crippen LogP contribution in [0.1, 0.15) is 26.2 Å². The smallest absolute Gasteiger partial charge is 0.314 e. The third kappa shape index (κ3) is 10.1. The van der Waals surface area contributed by atoms with Gasteiger partial charge in [0.05, 0.1) is 0 Å². The zero-order valence-electron chi connectivity index (χ0n) is 10.9. The molecular formula is C11H22N2O4S. The second-order valence-corrected chi connectivity index (χ2v) is 5.69. The molecule has 0 bridgehead atoms. The van der Waals surface area contributed by atoms with Crippen molar-refractivity contribution in [2.75, 3.05) is 25.1 Å². The van der Waals surface area contributed by atoms with Crippen molar-refractivity contribution in [1.82, 2.24) is 10.6 Å². The van der Waals surface area contributed by atoms with Gasteiger partial charge in [-0.25, -0.2) is 4.79 Å². The Kier molecular flexibility index (Phi) is 9.26. The number of nitrogens with one attached hydrogen (secondary N) is 2. The highest BCUT2D eigenvalue weighted by atomic mass is 32.2. The maximum Gasteiger partial charge on any atom is 0.314 e. The van der Waals surface area contributed by atoms with Crippen LogP contribution in [0.5, 0.6) is 0 Å². The highest BCUT2D eigenvalue weighted by Crippen LogP contribution is 2.06. The Labute approximate surface area is 110 Å². The van der Waals surface area contributed by atoms with Crippen LogP contribution in [0, 0.1) is 5.92 Å². The topological polar surface area (TPSA) is 95.5 Å². The third-order valence-corrected chi connectivity index (χ3v) is 3.35. The van der Waals surface area contributed by atoms with Crippen molar-refractivity contribution in [3.63, 3.8) is 0 Å². The van der Waals surface area contributed by atoms with Crippen molar-refractivity contribution in [3.05, 3.63) is 0 Å². The molecule has 0 aliphatic carbocycles. The second kappa shape index (κ2) is 9.87. The lowest BCUT2D eigenvalue weighted by Gasteiger charge is -2.13. The summed E-state index contributed by atoms with van der Waals surface area (Å²) >= 11 is 0. The van der Waals surface area contributed by atoms with Gasteiger partial charge in [0, 0.05) is 42.3 Å². The minimum atomic E-state index is -0.852. The summed E-state index contributed by atoms with van der Waals surface area (Å²) in [6.07, 6.45) is 3.06. The van der Waals surface area contributed by atoms with Crippen LogP contribution in [0.4, 0.5) is 4.79 Å². The number of rotatable bonds is 9.